The maximum Gasteiger partial charge on any atom is 0.433 e. The van der Waals surface area contributed by atoms with Crippen LogP contribution in [-0.4, -0.2) is 41.5 Å². The lowest BCUT2D eigenvalue weighted by molar-refractivity contribution is -0.141. The molecule has 3 heterocycles. The van der Waals surface area contributed by atoms with E-state index in [0.717, 1.165) is 12.3 Å². The molecule has 0 bridgehead atoms. The Morgan fingerprint density at radius 2 is 1.89 bits per heavy atom. The van der Waals surface area contributed by atoms with Crippen molar-refractivity contribution in [2.75, 3.05) is 5.32 Å². The van der Waals surface area contributed by atoms with Crippen molar-refractivity contribution in [1.82, 2.24) is 24.5 Å². The Kier molecular flexibility index (Phi) is 4.78. The maximum absolute atomic E-state index is 13.2. The number of carbonyl (C=O) groups excluding carboxylic acids is 1. The lowest BCUT2D eigenvalue weighted by atomic mass is 10.2. The zero-order valence-electron chi connectivity index (χ0n) is 14.1. The van der Waals surface area contributed by atoms with Gasteiger partial charge in [0.25, 0.3) is 5.91 Å². The molecule has 0 aliphatic carbocycles. The summed E-state index contributed by atoms with van der Waals surface area (Å²) in [6, 6.07) is 2.91. The Bertz CT molecular complexity index is 1050. The van der Waals surface area contributed by atoms with Gasteiger partial charge in [0, 0.05) is 13.1 Å². The zero-order valence-corrected chi connectivity index (χ0v) is 14.1. The molecule has 0 aliphatic rings. The van der Waals surface area contributed by atoms with E-state index in [-0.39, 0.29) is 22.9 Å². The van der Waals surface area contributed by atoms with Gasteiger partial charge >= 0.3 is 12.1 Å². The van der Waals surface area contributed by atoms with Crippen LogP contribution in [0.3, 0.4) is 0 Å². The molecule has 144 valence electrons. The average molecular weight is 392 g/mol. The van der Waals surface area contributed by atoms with Crippen LogP contribution in [0.4, 0.5) is 18.9 Å². The van der Waals surface area contributed by atoms with Gasteiger partial charge < -0.3 is 15.0 Å². The number of hydrogen-bond acceptors (Lipinski definition) is 6. The smallest absolute Gasteiger partial charge is 0.433 e. The lowest BCUT2D eigenvalue weighted by Gasteiger charge is -2.11. The topological polar surface area (TPSA) is 123 Å². The van der Waals surface area contributed by atoms with Gasteiger partial charge in [-0.25, -0.2) is 24.7 Å². The van der Waals surface area contributed by atoms with E-state index in [0.29, 0.717) is 6.07 Å². The highest BCUT2D eigenvalue weighted by Crippen LogP contribution is 2.29. The van der Waals surface area contributed by atoms with Gasteiger partial charge in [-0.3, -0.25) is 4.79 Å². The van der Waals surface area contributed by atoms with Crippen LogP contribution in [0.1, 0.15) is 26.7 Å². The minimum Gasteiger partial charge on any atom is -0.477 e. The summed E-state index contributed by atoms with van der Waals surface area (Å²) in [6.07, 6.45) is -1.11. The van der Waals surface area contributed by atoms with Crippen LogP contribution in [0.15, 0.2) is 36.9 Å². The third kappa shape index (κ3) is 3.95. The maximum atomic E-state index is 13.2. The van der Waals surface area contributed by atoms with E-state index in [1.807, 2.05) is 0 Å². The Morgan fingerprint density at radius 1 is 1.14 bits per heavy atom. The third-order valence-electron chi connectivity index (χ3n) is 3.54. The Balaban J connectivity index is 1.96. The predicted molar refractivity (Wildman–Crippen MR) is 88.4 cm³/mol. The molecule has 12 heteroatoms. The number of nitrogens with zero attached hydrogens (tertiary/aromatic N) is 5. The van der Waals surface area contributed by atoms with Gasteiger partial charge in [-0.2, -0.15) is 13.2 Å². The Hall–Kier alpha value is -3.83. The van der Waals surface area contributed by atoms with Crippen molar-refractivity contribution in [2.24, 2.45) is 7.05 Å². The highest BCUT2D eigenvalue weighted by molar-refractivity contribution is 6.03. The van der Waals surface area contributed by atoms with Gasteiger partial charge in [0.15, 0.2) is 5.82 Å². The fourth-order valence-corrected chi connectivity index (χ4v) is 2.19. The van der Waals surface area contributed by atoms with E-state index >= 15 is 0 Å². The first kappa shape index (κ1) is 18.9. The molecule has 0 fully saturated rings. The summed E-state index contributed by atoms with van der Waals surface area (Å²) in [5, 5.41) is 11.1. The largest absolute Gasteiger partial charge is 0.477 e. The molecule has 0 radical (unpaired) electrons. The minimum atomic E-state index is -4.80. The molecule has 0 aromatic carbocycles. The number of aromatic carboxylic acids is 1. The molecule has 2 N–H and O–H groups in total. The van der Waals surface area contributed by atoms with Gasteiger partial charge in [-0.05, 0) is 12.1 Å². The molecule has 0 atom stereocenters. The number of nitrogens with one attached hydrogen (secondary N) is 1. The third-order valence-corrected chi connectivity index (χ3v) is 3.54. The van der Waals surface area contributed by atoms with Crippen LogP contribution in [0.2, 0.25) is 0 Å². The summed E-state index contributed by atoms with van der Waals surface area (Å²) in [5.41, 5.74) is -1.79. The molecular weight excluding hydrogens is 381 g/mol. The van der Waals surface area contributed by atoms with Gasteiger partial charge in [-0.15, -0.1) is 0 Å². The molecule has 3 rings (SSSR count). The molecule has 0 saturated carbocycles. The van der Waals surface area contributed by atoms with E-state index in [9.17, 15) is 22.8 Å². The number of pyridine rings is 1. The summed E-state index contributed by atoms with van der Waals surface area (Å²) in [7, 11) is 1.54. The summed E-state index contributed by atoms with van der Waals surface area (Å²) in [6.45, 7) is 0. The molecule has 9 nitrogen and oxygen atoms in total. The number of aryl methyl sites for hydroxylation is 1. The van der Waals surface area contributed by atoms with E-state index in [4.69, 9.17) is 5.11 Å². The van der Waals surface area contributed by atoms with Crippen LogP contribution < -0.4 is 5.32 Å². The number of amides is 1. The fourth-order valence-electron chi connectivity index (χ4n) is 2.19. The number of carboxylic acids is 1. The highest BCUT2D eigenvalue weighted by atomic mass is 19.4. The number of aromatic nitrogens is 5. The second-order valence-corrected chi connectivity index (χ2v) is 5.54. The van der Waals surface area contributed by atoms with Crippen LogP contribution in [0.5, 0.6) is 0 Å². The van der Waals surface area contributed by atoms with E-state index in [1.54, 1.807) is 7.05 Å². The van der Waals surface area contributed by atoms with Crippen LogP contribution in [0, 0.1) is 0 Å². The summed E-state index contributed by atoms with van der Waals surface area (Å²) in [5.74, 6) is -2.52. The molecule has 3 aromatic rings. The first-order valence-electron chi connectivity index (χ1n) is 7.59. The van der Waals surface area contributed by atoms with Crippen molar-refractivity contribution in [2.45, 2.75) is 6.18 Å². The Labute approximate surface area is 154 Å². The van der Waals surface area contributed by atoms with Crippen molar-refractivity contribution >= 4 is 17.6 Å². The summed E-state index contributed by atoms with van der Waals surface area (Å²) >= 11 is 0. The number of rotatable bonds is 4. The molecule has 0 saturated heterocycles. The normalized spacial score (nSPS) is 11.3. The van der Waals surface area contributed by atoms with Gasteiger partial charge in [-0.1, -0.05) is 0 Å². The molecule has 3 aromatic heterocycles. The van der Waals surface area contributed by atoms with Gasteiger partial charge in [0.2, 0.25) is 0 Å². The monoisotopic (exact) mass is 392 g/mol. The molecule has 1 amide bonds. The number of carboxylic acid groups (broad SMARTS) is 1. The van der Waals surface area contributed by atoms with Crippen LogP contribution >= 0.6 is 0 Å². The van der Waals surface area contributed by atoms with E-state index in [1.165, 1.54) is 23.2 Å². The van der Waals surface area contributed by atoms with Gasteiger partial charge in [0.05, 0.1) is 24.4 Å². The van der Waals surface area contributed by atoms with Crippen LogP contribution in [0.25, 0.3) is 11.5 Å². The average Bonchev–Trinajstić information content (AvgIpc) is 3.07. The summed E-state index contributed by atoms with van der Waals surface area (Å²) < 4.78 is 41.0. The molecule has 0 unspecified atom stereocenters. The van der Waals surface area contributed by atoms with Crippen molar-refractivity contribution in [1.29, 1.82) is 0 Å². The van der Waals surface area contributed by atoms with Crippen molar-refractivity contribution in [3.63, 3.8) is 0 Å². The highest BCUT2D eigenvalue weighted by Gasteiger charge is 2.34. The van der Waals surface area contributed by atoms with Crippen molar-refractivity contribution < 1.29 is 27.9 Å². The van der Waals surface area contributed by atoms with Gasteiger partial charge in [0.1, 0.15) is 22.8 Å². The SMILES string of the molecule is Cn1cncc1-c1nc(C(=O)Nc2ccc(C(=O)O)nc2)cc(C(F)(F)F)n1. The molecule has 28 heavy (non-hydrogen) atoms. The van der Waals surface area contributed by atoms with E-state index < -0.39 is 29.4 Å². The second-order valence-electron chi connectivity index (χ2n) is 5.54. The van der Waals surface area contributed by atoms with Crippen molar-refractivity contribution in [3.05, 3.63) is 54.0 Å². The number of imidazole rings is 1. The Morgan fingerprint density at radius 3 is 2.43 bits per heavy atom. The fraction of sp³-hybridized carbons (Fsp3) is 0.125. The number of carbonyl (C=O) groups is 2. The van der Waals surface area contributed by atoms with Crippen molar-refractivity contribution in [3.8, 4) is 11.5 Å². The number of halogens is 3. The predicted octanol–water partition coefficient (Wildman–Crippen LogP) is 2.24. The first-order chi connectivity index (χ1) is 13.1. The minimum absolute atomic E-state index is 0.0873. The molecule has 0 spiro atoms. The standard InChI is InChI=1S/C16H11F3N6O3/c1-25-7-20-6-11(25)13-23-10(4-12(24-13)16(17,18)19)14(26)22-8-2-3-9(15(27)28)21-5-8/h2-7H,1H3,(H,22,26)(H,27,28). The van der Waals surface area contributed by atoms with E-state index in [2.05, 4.69) is 25.3 Å². The number of anilines is 1. The lowest BCUT2D eigenvalue weighted by Crippen LogP contribution is -2.18. The number of hydrogen-bond donors (Lipinski definition) is 2. The number of alkyl halides is 3. The molecular formula is C16H11F3N6O3. The first-order valence-corrected chi connectivity index (χ1v) is 7.59. The quantitative estimate of drug-likeness (QED) is 0.698. The van der Waals surface area contributed by atoms with Crippen LogP contribution in [-0.2, 0) is 13.2 Å². The molecule has 0 aliphatic heterocycles. The zero-order chi connectivity index (χ0) is 20.5. The second kappa shape index (κ2) is 7.06. The summed E-state index contributed by atoms with van der Waals surface area (Å²) in [4.78, 5) is 37.9.